The van der Waals surface area contributed by atoms with Gasteiger partial charge < -0.3 is 15.3 Å². The standard InChI is InChI=1S/C11H24N2O2/c1-6-11(4,15)8-12-7-10(14)13(5)9(2)3/h9,12,15H,6-8H2,1-5H3. The molecule has 0 rings (SSSR count). The highest BCUT2D eigenvalue weighted by molar-refractivity contribution is 5.78. The molecular weight excluding hydrogens is 192 g/mol. The lowest BCUT2D eigenvalue weighted by atomic mass is 10.0. The number of carbonyl (C=O) groups is 1. The van der Waals surface area contributed by atoms with Crippen molar-refractivity contribution in [2.24, 2.45) is 0 Å². The van der Waals surface area contributed by atoms with Crippen molar-refractivity contribution in [2.45, 2.75) is 45.8 Å². The van der Waals surface area contributed by atoms with Crippen LogP contribution in [0.4, 0.5) is 0 Å². The van der Waals surface area contributed by atoms with Crippen molar-refractivity contribution >= 4 is 5.91 Å². The molecule has 2 N–H and O–H groups in total. The fourth-order valence-electron chi connectivity index (χ4n) is 0.976. The molecule has 0 heterocycles. The molecule has 1 amide bonds. The first-order chi connectivity index (χ1) is 6.80. The zero-order valence-electron chi connectivity index (χ0n) is 10.5. The summed E-state index contributed by atoms with van der Waals surface area (Å²) in [6.07, 6.45) is 0.675. The van der Waals surface area contributed by atoms with Crippen molar-refractivity contribution in [3.05, 3.63) is 0 Å². The first-order valence-corrected chi connectivity index (χ1v) is 5.49. The minimum Gasteiger partial charge on any atom is -0.389 e. The van der Waals surface area contributed by atoms with Crippen molar-refractivity contribution in [3.63, 3.8) is 0 Å². The largest absolute Gasteiger partial charge is 0.389 e. The minimum atomic E-state index is -0.726. The van der Waals surface area contributed by atoms with E-state index in [0.29, 0.717) is 13.0 Å². The van der Waals surface area contributed by atoms with Crippen LogP contribution in [0.3, 0.4) is 0 Å². The zero-order valence-corrected chi connectivity index (χ0v) is 10.5. The molecule has 4 heteroatoms. The van der Waals surface area contributed by atoms with E-state index < -0.39 is 5.60 Å². The number of nitrogens with zero attached hydrogens (tertiary/aromatic N) is 1. The van der Waals surface area contributed by atoms with Crippen LogP contribution in [0.5, 0.6) is 0 Å². The molecule has 0 spiro atoms. The first-order valence-electron chi connectivity index (χ1n) is 5.49. The maximum atomic E-state index is 11.5. The molecule has 1 atom stereocenters. The second-order valence-electron chi connectivity index (χ2n) is 4.55. The van der Waals surface area contributed by atoms with E-state index in [1.54, 1.807) is 18.9 Å². The van der Waals surface area contributed by atoms with E-state index in [1.165, 1.54) is 0 Å². The summed E-state index contributed by atoms with van der Waals surface area (Å²) in [5, 5.41) is 12.7. The summed E-state index contributed by atoms with van der Waals surface area (Å²) in [7, 11) is 1.78. The Kier molecular flexibility index (Phi) is 5.83. The summed E-state index contributed by atoms with van der Waals surface area (Å²) in [5.74, 6) is 0.0527. The molecule has 0 aliphatic rings. The Labute approximate surface area is 92.7 Å². The number of amides is 1. The summed E-state index contributed by atoms with van der Waals surface area (Å²) in [5.41, 5.74) is -0.726. The van der Waals surface area contributed by atoms with Gasteiger partial charge in [0, 0.05) is 19.6 Å². The van der Waals surface area contributed by atoms with E-state index in [-0.39, 0.29) is 18.5 Å². The zero-order chi connectivity index (χ0) is 12.1. The highest BCUT2D eigenvalue weighted by atomic mass is 16.3. The van der Waals surface area contributed by atoms with Crippen molar-refractivity contribution in [2.75, 3.05) is 20.1 Å². The number of aliphatic hydroxyl groups is 1. The maximum absolute atomic E-state index is 11.5. The molecule has 1 unspecified atom stereocenters. The Bertz CT molecular complexity index is 203. The molecule has 0 aliphatic carbocycles. The van der Waals surface area contributed by atoms with Crippen molar-refractivity contribution in [1.29, 1.82) is 0 Å². The molecule has 0 saturated carbocycles. The number of likely N-dealkylation sites (N-methyl/N-ethyl adjacent to an activating group) is 1. The number of carbonyl (C=O) groups excluding carboxylic acids is 1. The Morgan fingerprint density at radius 3 is 2.47 bits per heavy atom. The average molecular weight is 216 g/mol. The van der Waals surface area contributed by atoms with E-state index >= 15 is 0 Å². The summed E-state index contributed by atoms with van der Waals surface area (Å²) in [6.45, 7) is 8.35. The first kappa shape index (κ1) is 14.4. The van der Waals surface area contributed by atoms with Gasteiger partial charge in [-0.25, -0.2) is 0 Å². The number of nitrogens with one attached hydrogen (secondary N) is 1. The average Bonchev–Trinajstić information content (AvgIpc) is 2.16. The van der Waals surface area contributed by atoms with Crippen LogP contribution in [-0.4, -0.2) is 47.7 Å². The van der Waals surface area contributed by atoms with Gasteiger partial charge in [-0.05, 0) is 27.2 Å². The molecule has 0 aromatic rings. The van der Waals surface area contributed by atoms with Gasteiger partial charge in [-0.1, -0.05) is 6.92 Å². The van der Waals surface area contributed by atoms with Crippen LogP contribution in [0, 0.1) is 0 Å². The molecule has 0 radical (unpaired) electrons. The normalized spacial score (nSPS) is 15.1. The molecule has 15 heavy (non-hydrogen) atoms. The van der Waals surface area contributed by atoms with Crippen LogP contribution in [-0.2, 0) is 4.79 Å². The smallest absolute Gasteiger partial charge is 0.236 e. The maximum Gasteiger partial charge on any atom is 0.236 e. The Morgan fingerprint density at radius 2 is 2.07 bits per heavy atom. The number of rotatable bonds is 6. The highest BCUT2D eigenvalue weighted by Crippen LogP contribution is 2.05. The number of hydrogen-bond donors (Lipinski definition) is 2. The van der Waals surface area contributed by atoms with Crippen molar-refractivity contribution in [1.82, 2.24) is 10.2 Å². The predicted octanol–water partition coefficient (Wildman–Crippen LogP) is 0.604. The van der Waals surface area contributed by atoms with Crippen LogP contribution < -0.4 is 5.32 Å². The molecular formula is C11H24N2O2. The monoisotopic (exact) mass is 216 g/mol. The second-order valence-corrected chi connectivity index (χ2v) is 4.55. The van der Waals surface area contributed by atoms with Gasteiger partial charge in [0.2, 0.25) is 5.91 Å². The van der Waals surface area contributed by atoms with Gasteiger partial charge >= 0.3 is 0 Å². The van der Waals surface area contributed by atoms with E-state index in [0.717, 1.165) is 0 Å². The quantitative estimate of drug-likeness (QED) is 0.684. The molecule has 90 valence electrons. The summed E-state index contributed by atoms with van der Waals surface area (Å²) in [4.78, 5) is 13.2. The molecule has 0 fully saturated rings. The van der Waals surface area contributed by atoms with E-state index in [1.807, 2.05) is 20.8 Å². The Morgan fingerprint density at radius 1 is 1.53 bits per heavy atom. The topological polar surface area (TPSA) is 52.6 Å². The van der Waals surface area contributed by atoms with Crippen LogP contribution in [0.25, 0.3) is 0 Å². The van der Waals surface area contributed by atoms with Gasteiger partial charge in [0.1, 0.15) is 0 Å². The summed E-state index contributed by atoms with van der Waals surface area (Å²) >= 11 is 0. The van der Waals surface area contributed by atoms with Crippen molar-refractivity contribution in [3.8, 4) is 0 Å². The second kappa shape index (κ2) is 6.08. The molecule has 0 saturated heterocycles. The van der Waals surface area contributed by atoms with Crippen LogP contribution >= 0.6 is 0 Å². The van der Waals surface area contributed by atoms with Gasteiger partial charge in [-0.3, -0.25) is 4.79 Å². The lowest BCUT2D eigenvalue weighted by Gasteiger charge is -2.24. The lowest BCUT2D eigenvalue weighted by Crippen LogP contribution is -2.44. The third-order valence-corrected chi connectivity index (χ3v) is 2.71. The van der Waals surface area contributed by atoms with E-state index in [4.69, 9.17) is 0 Å². The Balaban J connectivity index is 3.83. The predicted molar refractivity (Wildman–Crippen MR) is 61.7 cm³/mol. The summed E-state index contributed by atoms with van der Waals surface area (Å²) < 4.78 is 0. The minimum absolute atomic E-state index is 0.0527. The van der Waals surface area contributed by atoms with Gasteiger partial charge in [0.25, 0.3) is 0 Å². The molecule has 0 aliphatic heterocycles. The van der Waals surface area contributed by atoms with Crippen molar-refractivity contribution < 1.29 is 9.90 Å². The van der Waals surface area contributed by atoms with Gasteiger partial charge in [0.15, 0.2) is 0 Å². The third kappa shape index (κ3) is 5.74. The molecule has 0 aromatic carbocycles. The molecule has 0 aromatic heterocycles. The van der Waals surface area contributed by atoms with Gasteiger partial charge in [0.05, 0.1) is 12.1 Å². The number of hydrogen-bond acceptors (Lipinski definition) is 3. The highest BCUT2D eigenvalue weighted by Gasteiger charge is 2.18. The SMILES string of the molecule is CCC(C)(O)CNCC(=O)N(C)C(C)C. The van der Waals surface area contributed by atoms with Crippen LogP contribution in [0.2, 0.25) is 0 Å². The van der Waals surface area contributed by atoms with Gasteiger partial charge in [-0.15, -0.1) is 0 Å². The fourth-order valence-corrected chi connectivity index (χ4v) is 0.976. The molecule has 0 bridgehead atoms. The van der Waals surface area contributed by atoms with E-state index in [2.05, 4.69) is 5.32 Å². The van der Waals surface area contributed by atoms with E-state index in [9.17, 15) is 9.90 Å². The van der Waals surface area contributed by atoms with Gasteiger partial charge in [-0.2, -0.15) is 0 Å². The third-order valence-electron chi connectivity index (χ3n) is 2.71. The lowest BCUT2D eigenvalue weighted by molar-refractivity contribution is -0.130. The van der Waals surface area contributed by atoms with Crippen LogP contribution in [0.15, 0.2) is 0 Å². The fraction of sp³-hybridized carbons (Fsp3) is 0.909. The van der Waals surface area contributed by atoms with Crippen LogP contribution in [0.1, 0.15) is 34.1 Å². The summed E-state index contributed by atoms with van der Waals surface area (Å²) in [6, 6.07) is 0.214. The molecule has 4 nitrogen and oxygen atoms in total. The Hall–Kier alpha value is -0.610.